The van der Waals surface area contributed by atoms with Crippen molar-refractivity contribution in [1.82, 2.24) is 9.97 Å². The minimum absolute atomic E-state index is 0.0312. The number of hydrogen-bond donors (Lipinski definition) is 2. The van der Waals surface area contributed by atoms with E-state index >= 15 is 0 Å². The van der Waals surface area contributed by atoms with Crippen molar-refractivity contribution in [3.8, 4) is 28.4 Å². The van der Waals surface area contributed by atoms with Crippen LogP contribution in [0.25, 0.3) is 22.6 Å². The van der Waals surface area contributed by atoms with Gasteiger partial charge in [0.25, 0.3) is 0 Å². The molecule has 158 valence electrons. The van der Waals surface area contributed by atoms with E-state index in [2.05, 4.69) is 4.98 Å². The molecule has 4 aromatic rings. The Bertz CT molecular complexity index is 1300. The third kappa shape index (κ3) is 5.08. The summed E-state index contributed by atoms with van der Waals surface area (Å²) < 4.78 is 29.0. The first kappa shape index (κ1) is 21.4. The minimum Gasteiger partial charge on any atom is -0.487 e. The van der Waals surface area contributed by atoms with E-state index in [1.54, 1.807) is 48.5 Å². The lowest BCUT2D eigenvalue weighted by molar-refractivity contribution is 0.302. The molecule has 0 bridgehead atoms. The first-order valence-electron chi connectivity index (χ1n) is 9.16. The Morgan fingerprint density at radius 1 is 0.839 bits per heavy atom. The van der Waals surface area contributed by atoms with Crippen LogP contribution in [0, 0.1) is 0 Å². The van der Waals surface area contributed by atoms with Gasteiger partial charge in [-0.15, -0.1) is 0 Å². The van der Waals surface area contributed by atoms with Gasteiger partial charge in [0.2, 0.25) is 10.0 Å². The van der Waals surface area contributed by atoms with Crippen LogP contribution >= 0.6 is 23.2 Å². The van der Waals surface area contributed by atoms with Gasteiger partial charge in [0.05, 0.1) is 16.3 Å². The van der Waals surface area contributed by atoms with E-state index in [0.29, 0.717) is 27.3 Å². The van der Waals surface area contributed by atoms with Gasteiger partial charge in [-0.25, -0.2) is 18.5 Å². The van der Waals surface area contributed by atoms with E-state index in [4.69, 9.17) is 38.1 Å². The number of primary sulfonamides is 1. The zero-order valence-corrected chi connectivity index (χ0v) is 18.4. The predicted molar refractivity (Wildman–Crippen MR) is 122 cm³/mol. The summed E-state index contributed by atoms with van der Waals surface area (Å²) in [5.74, 6) is 1.29. The SMILES string of the molecule is NS(=O)(=O)c1ccc(-c2nc(-c3ccc(Cl)cc3)[nH]c2COc2ccc(Cl)cc2)cc1. The lowest BCUT2D eigenvalue weighted by Crippen LogP contribution is -2.11. The van der Waals surface area contributed by atoms with Crippen LogP contribution in [0.5, 0.6) is 5.75 Å². The molecule has 9 heteroatoms. The van der Waals surface area contributed by atoms with Crippen molar-refractivity contribution in [3.05, 3.63) is 88.5 Å². The van der Waals surface area contributed by atoms with Crippen LogP contribution in [0.1, 0.15) is 5.69 Å². The molecule has 6 nitrogen and oxygen atoms in total. The minimum atomic E-state index is -3.78. The van der Waals surface area contributed by atoms with E-state index in [1.165, 1.54) is 12.1 Å². The highest BCUT2D eigenvalue weighted by Crippen LogP contribution is 2.29. The molecular formula is C22H17Cl2N3O3S. The molecular weight excluding hydrogens is 457 g/mol. The number of ether oxygens (including phenoxy) is 1. The molecule has 0 radical (unpaired) electrons. The molecule has 0 saturated heterocycles. The van der Waals surface area contributed by atoms with Gasteiger partial charge < -0.3 is 9.72 Å². The second kappa shape index (κ2) is 8.72. The summed E-state index contributed by atoms with van der Waals surface area (Å²) in [6.45, 7) is 0.217. The number of aromatic nitrogens is 2. The molecule has 0 fully saturated rings. The number of nitrogens with one attached hydrogen (secondary N) is 1. The van der Waals surface area contributed by atoms with E-state index < -0.39 is 10.0 Å². The zero-order valence-electron chi connectivity index (χ0n) is 16.0. The quantitative estimate of drug-likeness (QED) is 0.398. The van der Waals surface area contributed by atoms with Gasteiger partial charge in [0.1, 0.15) is 18.2 Å². The van der Waals surface area contributed by atoms with Crippen LogP contribution in [-0.4, -0.2) is 18.4 Å². The van der Waals surface area contributed by atoms with Gasteiger partial charge in [-0.2, -0.15) is 0 Å². The van der Waals surface area contributed by atoms with Crippen molar-refractivity contribution in [2.45, 2.75) is 11.5 Å². The highest BCUT2D eigenvalue weighted by Gasteiger charge is 2.16. The number of hydrogen-bond acceptors (Lipinski definition) is 4. The topological polar surface area (TPSA) is 98.1 Å². The molecule has 1 aromatic heterocycles. The number of halogens is 2. The van der Waals surface area contributed by atoms with Crippen LogP contribution in [0.15, 0.2) is 77.7 Å². The Morgan fingerprint density at radius 3 is 1.97 bits per heavy atom. The molecule has 1 heterocycles. The van der Waals surface area contributed by atoms with Crippen molar-refractivity contribution in [2.75, 3.05) is 0 Å². The lowest BCUT2D eigenvalue weighted by Gasteiger charge is -2.07. The average molecular weight is 474 g/mol. The fourth-order valence-electron chi connectivity index (χ4n) is 2.99. The average Bonchev–Trinajstić information content (AvgIpc) is 3.17. The van der Waals surface area contributed by atoms with Gasteiger partial charge >= 0.3 is 0 Å². The number of H-pyrrole nitrogens is 1. The molecule has 0 saturated carbocycles. The first-order valence-corrected chi connectivity index (χ1v) is 11.5. The second-order valence-electron chi connectivity index (χ2n) is 6.73. The van der Waals surface area contributed by atoms with Crippen molar-refractivity contribution in [3.63, 3.8) is 0 Å². The second-order valence-corrected chi connectivity index (χ2v) is 9.17. The van der Waals surface area contributed by atoms with E-state index in [9.17, 15) is 8.42 Å². The van der Waals surface area contributed by atoms with Crippen LogP contribution in [-0.2, 0) is 16.6 Å². The number of rotatable bonds is 6. The molecule has 0 atom stereocenters. The Labute approximate surface area is 189 Å². The number of aromatic amines is 1. The lowest BCUT2D eigenvalue weighted by atomic mass is 10.1. The van der Waals surface area contributed by atoms with Crippen molar-refractivity contribution in [2.24, 2.45) is 5.14 Å². The first-order chi connectivity index (χ1) is 14.8. The van der Waals surface area contributed by atoms with Gasteiger partial charge in [-0.3, -0.25) is 0 Å². The molecule has 3 N–H and O–H groups in total. The highest BCUT2D eigenvalue weighted by atomic mass is 35.5. The molecule has 0 aliphatic carbocycles. The van der Waals surface area contributed by atoms with E-state index in [1.807, 2.05) is 12.1 Å². The third-order valence-corrected chi connectivity index (χ3v) is 5.98. The molecule has 31 heavy (non-hydrogen) atoms. The number of nitrogens with zero attached hydrogens (tertiary/aromatic N) is 1. The Morgan fingerprint density at radius 2 is 1.39 bits per heavy atom. The molecule has 3 aromatic carbocycles. The maximum absolute atomic E-state index is 11.6. The summed E-state index contributed by atoms with van der Waals surface area (Å²) >= 11 is 11.9. The fraction of sp³-hybridized carbons (Fsp3) is 0.0455. The Hall–Kier alpha value is -2.84. The zero-order chi connectivity index (χ0) is 22.0. The van der Waals surface area contributed by atoms with Gasteiger partial charge in [0.15, 0.2) is 0 Å². The van der Waals surface area contributed by atoms with Crippen LogP contribution < -0.4 is 9.88 Å². The van der Waals surface area contributed by atoms with Gasteiger partial charge in [-0.05, 0) is 60.7 Å². The van der Waals surface area contributed by atoms with Crippen LogP contribution in [0.4, 0.5) is 0 Å². The molecule has 0 unspecified atom stereocenters. The van der Waals surface area contributed by atoms with Gasteiger partial charge in [0, 0.05) is 21.2 Å². The van der Waals surface area contributed by atoms with Crippen LogP contribution in [0.3, 0.4) is 0 Å². The van der Waals surface area contributed by atoms with Crippen molar-refractivity contribution >= 4 is 33.2 Å². The smallest absolute Gasteiger partial charge is 0.238 e. The van der Waals surface area contributed by atoms with Crippen molar-refractivity contribution in [1.29, 1.82) is 0 Å². The molecule has 0 amide bonds. The summed E-state index contributed by atoms with van der Waals surface area (Å²) in [6, 6.07) is 20.5. The summed E-state index contributed by atoms with van der Waals surface area (Å²) in [6.07, 6.45) is 0. The molecule has 0 aliphatic rings. The fourth-order valence-corrected chi connectivity index (χ4v) is 3.75. The molecule has 4 rings (SSSR count). The maximum atomic E-state index is 11.6. The summed E-state index contributed by atoms with van der Waals surface area (Å²) in [5, 5.41) is 6.45. The third-order valence-electron chi connectivity index (χ3n) is 4.55. The molecule has 0 spiro atoms. The van der Waals surface area contributed by atoms with Gasteiger partial charge in [-0.1, -0.05) is 35.3 Å². The normalized spacial score (nSPS) is 11.5. The monoisotopic (exact) mass is 473 g/mol. The Kier molecular flexibility index (Phi) is 6.02. The number of nitrogens with two attached hydrogens (primary N) is 1. The summed E-state index contributed by atoms with van der Waals surface area (Å²) in [5.41, 5.74) is 2.94. The summed E-state index contributed by atoms with van der Waals surface area (Å²) in [7, 11) is -3.78. The predicted octanol–water partition coefficient (Wildman–Crippen LogP) is 5.28. The highest BCUT2D eigenvalue weighted by molar-refractivity contribution is 7.89. The summed E-state index contributed by atoms with van der Waals surface area (Å²) in [4.78, 5) is 8.04. The van der Waals surface area contributed by atoms with E-state index in [0.717, 1.165) is 16.8 Å². The number of imidazole rings is 1. The van der Waals surface area contributed by atoms with Crippen LogP contribution in [0.2, 0.25) is 10.0 Å². The number of sulfonamides is 1. The number of benzene rings is 3. The van der Waals surface area contributed by atoms with Crippen molar-refractivity contribution < 1.29 is 13.2 Å². The Balaban J connectivity index is 1.70. The largest absolute Gasteiger partial charge is 0.487 e. The van der Waals surface area contributed by atoms with E-state index in [-0.39, 0.29) is 11.5 Å². The standard InChI is InChI=1S/C22H17Cl2N3O3S/c23-16-5-1-15(2-6-16)22-26-20(13-30-18-9-7-17(24)8-10-18)21(27-22)14-3-11-19(12-4-14)31(25,28)29/h1-12H,13H2,(H,26,27)(H2,25,28,29). The molecule has 0 aliphatic heterocycles. The maximum Gasteiger partial charge on any atom is 0.238 e.